The van der Waals surface area contributed by atoms with E-state index in [0.29, 0.717) is 18.7 Å². The van der Waals surface area contributed by atoms with Gasteiger partial charge < -0.3 is 10.2 Å². The minimum Gasteiger partial charge on any atom is -0.354 e. The van der Waals surface area contributed by atoms with Crippen LogP contribution in [0.15, 0.2) is 72.8 Å². The van der Waals surface area contributed by atoms with Gasteiger partial charge in [0.1, 0.15) is 12.6 Å². The van der Waals surface area contributed by atoms with E-state index in [9.17, 15) is 18.0 Å². The van der Waals surface area contributed by atoms with Gasteiger partial charge in [0.2, 0.25) is 21.8 Å². The van der Waals surface area contributed by atoms with Crippen molar-refractivity contribution in [1.29, 1.82) is 0 Å². The van der Waals surface area contributed by atoms with Gasteiger partial charge in [-0.15, -0.1) is 0 Å². The molecule has 0 bridgehead atoms. The molecule has 3 aromatic rings. The van der Waals surface area contributed by atoms with Crippen LogP contribution in [0.4, 0.5) is 5.69 Å². The number of amides is 2. The monoisotopic (exact) mass is 495 g/mol. The molecule has 0 spiro atoms. The van der Waals surface area contributed by atoms with E-state index in [-0.39, 0.29) is 12.5 Å². The van der Waals surface area contributed by atoms with E-state index in [1.54, 1.807) is 12.1 Å². The standard InChI is InChI=1S/C27H33N3O4S/c1-4-18-28-27(32)24(5-2)29(19-21-12-7-6-8-13-21)26(31)20-30(35(3,33)34)25-17-11-15-22-14-9-10-16-23(22)25/h6-17,24H,4-5,18-20H2,1-3H3,(H,28,32). The number of carbonyl (C=O) groups excluding carboxylic acids is 2. The number of sulfonamides is 1. The number of carbonyl (C=O) groups is 2. The Bertz CT molecular complexity index is 1260. The maximum atomic E-state index is 13.7. The molecular formula is C27H33N3O4S. The van der Waals surface area contributed by atoms with E-state index >= 15 is 0 Å². The Morgan fingerprint density at radius 1 is 0.914 bits per heavy atom. The third-order valence-corrected chi connectivity index (χ3v) is 6.97. The zero-order chi connectivity index (χ0) is 25.4. The van der Waals surface area contributed by atoms with Crippen molar-refractivity contribution in [3.63, 3.8) is 0 Å². The van der Waals surface area contributed by atoms with Crippen molar-refractivity contribution in [2.45, 2.75) is 39.3 Å². The maximum Gasteiger partial charge on any atom is 0.244 e. The van der Waals surface area contributed by atoms with E-state index in [4.69, 9.17) is 0 Å². The fourth-order valence-electron chi connectivity index (χ4n) is 4.09. The molecule has 1 unspecified atom stereocenters. The molecule has 0 aliphatic carbocycles. The molecule has 3 rings (SSSR count). The summed E-state index contributed by atoms with van der Waals surface area (Å²) in [4.78, 5) is 28.2. The summed E-state index contributed by atoms with van der Waals surface area (Å²) in [6.45, 7) is 4.11. The minimum atomic E-state index is -3.79. The van der Waals surface area contributed by atoms with Crippen LogP contribution in [0, 0.1) is 0 Å². The largest absolute Gasteiger partial charge is 0.354 e. The molecule has 2 amide bonds. The molecule has 1 N–H and O–H groups in total. The van der Waals surface area contributed by atoms with Crippen molar-refractivity contribution in [2.75, 3.05) is 23.7 Å². The number of nitrogens with one attached hydrogen (secondary N) is 1. The van der Waals surface area contributed by atoms with Gasteiger partial charge in [-0.2, -0.15) is 0 Å². The van der Waals surface area contributed by atoms with Crippen molar-refractivity contribution in [1.82, 2.24) is 10.2 Å². The van der Waals surface area contributed by atoms with Crippen molar-refractivity contribution in [3.8, 4) is 0 Å². The minimum absolute atomic E-state index is 0.199. The molecule has 7 nitrogen and oxygen atoms in total. The molecule has 0 heterocycles. The molecule has 1 atom stereocenters. The fourth-order valence-corrected chi connectivity index (χ4v) is 4.95. The summed E-state index contributed by atoms with van der Waals surface area (Å²) in [5.41, 5.74) is 1.29. The van der Waals surface area contributed by atoms with Crippen LogP contribution in [0.25, 0.3) is 10.8 Å². The Morgan fingerprint density at radius 2 is 1.57 bits per heavy atom. The molecule has 0 aliphatic rings. The summed E-state index contributed by atoms with van der Waals surface area (Å²) in [5, 5.41) is 4.48. The summed E-state index contributed by atoms with van der Waals surface area (Å²) < 4.78 is 26.9. The van der Waals surface area contributed by atoms with Crippen LogP contribution in [0.1, 0.15) is 32.3 Å². The lowest BCUT2D eigenvalue weighted by atomic mass is 10.1. The first-order valence-electron chi connectivity index (χ1n) is 11.8. The third-order valence-electron chi connectivity index (χ3n) is 5.85. The second-order valence-corrected chi connectivity index (χ2v) is 10.4. The van der Waals surface area contributed by atoms with Crippen molar-refractivity contribution in [3.05, 3.63) is 78.4 Å². The second-order valence-electron chi connectivity index (χ2n) is 8.49. The molecule has 8 heteroatoms. The molecule has 0 fully saturated rings. The lowest BCUT2D eigenvalue weighted by Crippen LogP contribution is -2.52. The van der Waals surface area contributed by atoms with Crippen LogP contribution in [-0.2, 0) is 26.2 Å². The average Bonchev–Trinajstić information content (AvgIpc) is 2.85. The van der Waals surface area contributed by atoms with Crippen molar-refractivity contribution < 1.29 is 18.0 Å². The normalized spacial score (nSPS) is 12.2. The van der Waals surface area contributed by atoms with E-state index < -0.39 is 28.5 Å². The predicted molar refractivity (Wildman–Crippen MR) is 141 cm³/mol. The van der Waals surface area contributed by atoms with Gasteiger partial charge in [-0.3, -0.25) is 13.9 Å². The summed E-state index contributed by atoms with van der Waals surface area (Å²) in [7, 11) is -3.79. The molecule has 0 saturated heterocycles. The highest BCUT2D eigenvalue weighted by Crippen LogP contribution is 2.28. The molecule has 0 aliphatic heterocycles. The van der Waals surface area contributed by atoms with Gasteiger partial charge in [0.25, 0.3) is 0 Å². The summed E-state index contributed by atoms with van der Waals surface area (Å²) in [5.74, 6) is -0.680. The maximum absolute atomic E-state index is 13.7. The van der Waals surface area contributed by atoms with Crippen LogP contribution in [0.3, 0.4) is 0 Å². The Labute approximate surface area is 207 Å². The number of hydrogen-bond acceptors (Lipinski definition) is 4. The van der Waals surface area contributed by atoms with E-state index in [2.05, 4.69) is 5.32 Å². The smallest absolute Gasteiger partial charge is 0.244 e. The zero-order valence-corrected chi connectivity index (χ0v) is 21.3. The number of rotatable bonds is 11. The molecular weight excluding hydrogens is 462 g/mol. The fraction of sp³-hybridized carbons (Fsp3) is 0.333. The van der Waals surface area contributed by atoms with Gasteiger partial charge in [-0.05, 0) is 29.9 Å². The zero-order valence-electron chi connectivity index (χ0n) is 20.5. The lowest BCUT2D eigenvalue weighted by molar-refractivity contribution is -0.140. The first kappa shape index (κ1) is 26.2. The molecule has 0 aromatic heterocycles. The van der Waals surface area contributed by atoms with Crippen molar-refractivity contribution in [2.24, 2.45) is 0 Å². The first-order valence-corrected chi connectivity index (χ1v) is 13.7. The molecule has 0 saturated carbocycles. The number of fused-ring (bicyclic) bond motifs is 1. The molecule has 186 valence electrons. The van der Waals surface area contributed by atoms with Gasteiger partial charge in [0.05, 0.1) is 11.9 Å². The van der Waals surface area contributed by atoms with Gasteiger partial charge in [-0.1, -0.05) is 80.6 Å². The van der Waals surface area contributed by atoms with E-state index in [1.807, 2.05) is 74.5 Å². The highest BCUT2D eigenvalue weighted by atomic mass is 32.2. The average molecular weight is 496 g/mol. The Morgan fingerprint density at radius 3 is 2.23 bits per heavy atom. The lowest BCUT2D eigenvalue weighted by Gasteiger charge is -2.33. The number of nitrogens with zero attached hydrogens (tertiary/aromatic N) is 2. The SMILES string of the molecule is CCCNC(=O)C(CC)N(Cc1ccccc1)C(=O)CN(c1cccc2ccccc12)S(C)(=O)=O. The number of benzene rings is 3. The molecule has 3 aromatic carbocycles. The highest BCUT2D eigenvalue weighted by molar-refractivity contribution is 7.92. The van der Waals surface area contributed by atoms with E-state index in [0.717, 1.165) is 33.3 Å². The van der Waals surface area contributed by atoms with Crippen molar-refractivity contribution >= 4 is 38.3 Å². The number of hydrogen-bond donors (Lipinski definition) is 1. The Balaban J connectivity index is 2.00. The van der Waals surface area contributed by atoms with Gasteiger partial charge in [-0.25, -0.2) is 8.42 Å². The third kappa shape index (κ3) is 6.60. The summed E-state index contributed by atoms with van der Waals surface area (Å²) in [6.07, 6.45) is 2.27. The summed E-state index contributed by atoms with van der Waals surface area (Å²) >= 11 is 0. The van der Waals surface area contributed by atoms with Crippen LogP contribution < -0.4 is 9.62 Å². The van der Waals surface area contributed by atoms with Gasteiger partial charge in [0, 0.05) is 18.5 Å². The predicted octanol–water partition coefficient (Wildman–Crippen LogP) is 3.94. The van der Waals surface area contributed by atoms with Crippen LogP contribution >= 0.6 is 0 Å². The Hall–Kier alpha value is -3.39. The first-order chi connectivity index (χ1) is 16.8. The van der Waals surface area contributed by atoms with E-state index in [1.165, 1.54) is 4.90 Å². The van der Waals surface area contributed by atoms with Gasteiger partial charge >= 0.3 is 0 Å². The highest BCUT2D eigenvalue weighted by Gasteiger charge is 2.32. The second kappa shape index (κ2) is 11.8. The Kier molecular flexibility index (Phi) is 8.87. The number of anilines is 1. The summed E-state index contributed by atoms with van der Waals surface area (Å²) in [6, 6.07) is 21.5. The molecule has 35 heavy (non-hydrogen) atoms. The quantitative estimate of drug-likeness (QED) is 0.437. The van der Waals surface area contributed by atoms with Gasteiger partial charge in [0.15, 0.2) is 0 Å². The van der Waals surface area contributed by atoms with Crippen LogP contribution in [0.2, 0.25) is 0 Å². The molecule has 0 radical (unpaired) electrons. The topological polar surface area (TPSA) is 86.8 Å². The van der Waals surface area contributed by atoms with Crippen LogP contribution in [-0.4, -0.2) is 50.5 Å². The van der Waals surface area contributed by atoms with Crippen LogP contribution in [0.5, 0.6) is 0 Å².